The first-order valence-electron chi connectivity index (χ1n) is 5.37. The summed E-state index contributed by atoms with van der Waals surface area (Å²) in [5.41, 5.74) is 10.3. The van der Waals surface area contributed by atoms with E-state index in [4.69, 9.17) is 16.6 Å². The van der Waals surface area contributed by atoms with Crippen LogP contribution >= 0.6 is 0 Å². The average molecular weight is 245 g/mol. The lowest BCUT2D eigenvalue weighted by atomic mass is 10.1. The van der Waals surface area contributed by atoms with E-state index in [-0.39, 0.29) is 31.1 Å². The van der Waals surface area contributed by atoms with E-state index in [9.17, 15) is 14.4 Å². The van der Waals surface area contributed by atoms with Gasteiger partial charge in [0.15, 0.2) is 0 Å². The highest BCUT2D eigenvalue weighted by molar-refractivity contribution is 5.84. The zero-order valence-electron chi connectivity index (χ0n) is 9.81. The number of rotatable bonds is 8. The second-order valence-corrected chi connectivity index (χ2v) is 4.01. The summed E-state index contributed by atoms with van der Waals surface area (Å²) in [5.74, 6) is -2.18. The van der Waals surface area contributed by atoms with Crippen LogP contribution in [0.25, 0.3) is 0 Å². The molecular formula is C10H19N3O4. The van der Waals surface area contributed by atoms with Crippen LogP contribution in [-0.2, 0) is 14.4 Å². The second-order valence-electron chi connectivity index (χ2n) is 4.01. The third-order valence-corrected chi connectivity index (χ3v) is 2.25. The average Bonchev–Trinajstić information content (AvgIpc) is 2.23. The molecule has 0 spiro atoms. The topological polar surface area (TPSA) is 136 Å². The summed E-state index contributed by atoms with van der Waals surface area (Å²) in [4.78, 5) is 32.8. The van der Waals surface area contributed by atoms with Crippen LogP contribution in [0.2, 0.25) is 0 Å². The Morgan fingerprint density at radius 3 is 2.35 bits per heavy atom. The zero-order chi connectivity index (χ0) is 13.4. The Morgan fingerprint density at radius 1 is 1.35 bits per heavy atom. The van der Waals surface area contributed by atoms with E-state index in [1.54, 1.807) is 6.92 Å². The van der Waals surface area contributed by atoms with Gasteiger partial charge in [-0.1, -0.05) is 6.92 Å². The van der Waals surface area contributed by atoms with E-state index >= 15 is 0 Å². The van der Waals surface area contributed by atoms with Crippen LogP contribution in [0, 0.1) is 5.92 Å². The van der Waals surface area contributed by atoms with Crippen molar-refractivity contribution in [3.63, 3.8) is 0 Å². The number of carbonyl (C=O) groups excluding carboxylic acids is 2. The van der Waals surface area contributed by atoms with Crippen molar-refractivity contribution in [3.8, 4) is 0 Å². The Hall–Kier alpha value is -1.63. The highest BCUT2D eigenvalue weighted by Gasteiger charge is 2.21. The normalized spacial score (nSPS) is 13.8. The molecule has 0 aromatic rings. The molecule has 0 fully saturated rings. The molecule has 0 aliphatic carbocycles. The SMILES string of the molecule is CC(CN)CC(=O)NC(CCC(N)=O)C(=O)O. The highest BCUT2D eigenvalue weighted by atomic mass is 16.4. The summed E-state index contributed by atoms with van der Waals surface area (Å²) in [7, 11) is 0. The van der Waals surface area contributed by atoms with Crippen molar-refractivity contribution in [3.05, 3.63) is 0 Å². The molecule has 0 aliphatic rings. The van der Waals surface area contributed by atoms with Crippen molar-refractivity contribution in [2.24, 2.45) is 17.4 Å². The van der Waals surface area contributed by atoms with E-state index in [0.717, 1.165) is 0 Å². The molecular weight excluding hydrogens is 226 g/mol. The van der Waals surface area contributed by atoms with E-state index in [0.29, 0.717) is 6.54 Å². The Kier molecular flexibility index (Phi) is 6.88. The first kappa shape index (κ1) is 15.4. The number of nitrogens with two attached hydrogens (primary N) is 2. The molecule has 2 atom stereocenters. The minimum Gasteiger partial charge on any atom is -0.480 e. The predicted octanol–water partition coefficient (Wildman–Crippen LogP) is -1.19. The smallest absolute Gasteiger partial charge is 0.326 e. The number of carbonyl (C=O) groups is 3. The summed E-state index contributed by atoms with van der Waals surface area (Å²) < 4.78 is 0. The number of carboxylic acids is 1. The molecule has 0 heterocycles. The van der Waals surface area contributed by atoms with Gasteiger partial charge in [0.1, 0.15) is 6.04 Å². The monoisotopic (exact) mass is 245 g/mol. The first-order valence-corrected chi connectivity index (χ1v) is 5.37. The quantitative estimate of drug-likeness (QED) is 0.426. The molecule has 6 N–H and O–H groups in total. The van der Waals surface area contributed by atoms with Crippen LogP contribution in [-0.4, -0.2) is 35.5 Å². The lowest BCUT2D eigenvalue weighted by Gasteiger charge is -2.15. The van der Waals surface area contributed by atoms with E-state index < -0.39 is 17.9 Å². The van der Waals surface area contributed by atoms with Gasteiger partial charge >= 0.3 is 5.97 Å². The summed E-state index contributed by atoms with van der Waals surface area (Å²) >= 11 is 0. The van der Waals surface area contributed by atoms with Crippen molar-refractivity contribution >= 4 is 17.8 Å². The number of primary amides is 1. The van der Waals surface area contributed by atoms with Crippen LogP contribution < -0.4 is 16.8 Å². The van der Waals surface area contributed by atoms with Gasteiger partial charge in [0.05, 0.1) is 0 Å². The lowest BCUT2D eigenvalue weighted by Crippen LogP contribution is -2.42. The van der Waals surface area contributed by atoms with Gasteiger partial charge in [0.25, 0.3) is 0 Å². The van der Waals surface area contributed by atoms with Gasteiger partial charge in [-0.05, 0) is 18.9 Å². The molecule has 2 unspecified atom stereocenters. The van der Waals surface area contributed by atoms with Gasteiger partial charge in [-0.25, -0.2) is 4.79 Å². The fraction of sp³-hybridized carbons (Fsp3) is 0.700. The van der Waals surface area contributed by atoms with Crippen molar-refractivity contribution in [1.82, 2.24) is 5.32 Å². The molecule has 0 aromatic heterocycles. The molecule has 0 bridgehead atoms. The Labute approximate surface area is 99.5 Å². The summed E-state index contributed by atoms with van der Waals surface area (Å²) in [5, 5.41) is 11.2. The van der Waals surface area contributed by atoms with Crippen molar-refractivity contribution in [2.45, 2.75) is 32.2 Å². The highest BCUT2D eigenvalue weighted by Crippen LogP contribution is 2.02. The van der Waals surface area contributed by atoms with Crippen molar-refractivity contribution in [2.75, 3.05) is 6.54 Å². The second kappa shape index (κ2) is 7.61. The maximum atomic E-state index is 11.4. The number of hydrogen-bond donors (Lipinski definition) is 4. The summed E-state index contributed by atoms with van der Waals surface area (Å²) in [6, 6.07) is -1.08. The fourth-order valence-electron chi connectivity index (χ4n) is 1.20. The van der Waals surface area contributed by atoms with Crippen LogP contribution in [0.15, 0.2) is 0 Å². The minimum atomic E-state index is -1.18. The molecule has 98 valence electrons. The number of carboxylic acid groups (broad SMARTS) is 1. The molecule has 0 saturated heterocycles. The maximum Gasteiger partial charge on any atom is 0.326 e. The molecule has 0 aromatic carbocycles. The lowest BCUT2D eigenvalue weighted by molar-refractivity contribution is -0.142. The third-order valence-electron chi connectivity index (χ3n) is 2.25. The molecule has 0 saturated carbocycles. The standard InChI is InChI=1S/C10H19N3O4/c1-6(5-11)4-9(15)13-7(10(16)17)2-3-8(12)14/h6-7H,2-5,11H2,1H3,(H2,12,14)(H,13,15)(H,16,17). The van der Waals surface area contributed by atoms with Crippen LogP contribution in [0.5, 0.6) is 0 Å². The minimum absolute atomic E-state index is 0.00654. The first-order chi connectivity index (χ1) is 7.86. The Morgan fingerprint density at radius 2 is 1.94 bits per heavy atom. The number of hydrogen-bond acceptors (Lipinski definition) is 4. The zero-order valence-corrected chi connectivity index (χ0v) is 9.81. The molecule has 2 amide bonds. The largest absolute Gasteiger partial charge is 0.480 e. The van der Waals surface area contributed by atoms with Gasteiger partial charge in [-0.2, -0.15) is 0 Å². The molecule has 0 radical (unpaired) electrons. The van der Waals surface area contributed by atoms with Gasteiger partial charge in [-0.15, -0.1) is 0 Å². The predicted molar refractivity (Wildman–Crippen MR) is 60.8 cm³/mol. The molecule has 7 heteroatoms. The molecule has 0 rings (SSSR count). The van der Waals surface area contributed by atoms with Crippen LogP contribution in [0.1, 0.15) is 26.2 Å². The molecule has 17 heavy (non-hydrogen) atoms. The Balaban J connectivity index is 4.20. The van der Waals surface area contributed by atoms with Crippen LogP contribution in [0.4, 0.5) is 0 Å². The summed E-state index contributed by atoms with van der Waals surface area (Å²) in [6.07, 6.45) is 0.0773. The number of amides is 2. The van der Waals surface area contributed by atoms with Crippen molar-refractivity contribution < 1.29 is 19.5 Å². The summed E-state index contributed by atoms with van der Waals surface area (Å²) in [6.45, 7) is 2.14. The molecule has 7 nitrogen and oxygen atoms in total. The van der Waals surface area contributed by atoms with E-state index in [1.807, 2.05) is 0 Å². The van der Waals surface area contributed by atoms with Gasteiger partial charge in [-0.3, -0.25) is 9.59 Å². The van der Waals surface area contributed by atoms with Crippen molar-refractivity contribution in [1.29, 1.82) is 0 Å². The maximum absolute atomic E-state index is 11.4. The third kappa shape index (κ3) is 7.29. The number of nitrogens with one attached hydrogen (secondary N) is 1. The molecule has 0 aliphatic heterocycles. The Bertz CT molecular complexity index is 293. The van der Waals surface area contributed by atoms with Gasteiger partial charge in [0, 0.05) is 12.8 Å². The van der Waals surface area contributed by atoms with E-state index in [1.165, 1.54) is 0 Å². The fourth-order valence-corrected chi connectivity index (χ4v) is 1.20. The van der Waals surface area contributed by atoms with E-state index in [2.05, 4.69) is 5.32 Å². The van der Waals surface area contributed by atoms with Crippen LogP contribution in [0.3, 0.4) is 0 Å². The number of aliphatic carboxylic acids is 1. The van der Waals surface area contributed by atoms with Gasteiger partial charge < -0.3 is 21.9 Å². The van der Waals surface area contributed by atoms with Gasteiger partial charge in [0.2, 0.25) is 11.8 Å².